The minimum absolute atomic E-state index is 0.0187. The van der Waals surface area contributed by atoms with Crippen LogP contribution in [-0.4, -0.2) is 10.2 Å². The quantitative estimate of drug-likeness (QED) is 0.816. The third-order valence-electron chi connectivity index (χ3n) is 4.56. The molecule has 1 aromatic rings. The molecule has 0 saturated heterocycles. The van der Waals surface area contributed by atoms with Gasteiger partial charge in [0.1, 0.15) is 4.33 Å². The van der Waals surface area contributed by atoms with E-state index in [1.165, 1.54) is 0 Å². The largest absolute Gasteiger partial charge is 0.369 e. The summed E-state index contributed by atoms with van der Waals surface area (Å²) in [5.74, 6) is -0.618. The number of carbonyl (C=O) groups excluding carboxylic acids is 1. The van der Waals surface area contributed by atoms with Crippen LogP contribution in [0.15, 0.2) is 24.3 Å². The second kappa shape index (κ2) is 5.08. The van der Waals surface area contributed by atoms with Gasteiger partial charge in [0.15, 0.2) is 0 Å². The minimum atomic E-state index is -1.12. The summed E-state index contributed by atoms with van der Waals surface area (Å²) in [5, 5.41) is 0.671. The summed E-state index contributed by atoms with van der Waals surface area (Å²) in [7, 11) is 0. The van der Waals surface area contributed by atoms with Crippen molar-refractivity contribution in [3.8, 4) is 0 Å². The van der Waals surface area contributed by atoms with Crippen molar-refractivity contribution in [3.05, 3.63) is 34.9 Å². The van der Waals surface area contributed by atoms with Crippen molar-refractivity contribution in [2.75, 3.05) is 0 Å². The molecule has 1 aliphatic carbocycles. The fraction of sp³-hybridized carbons (Fsp3) is 0.533. The summed E-state index contributed by atoms with van der Waals surface area (Å²) in [6.45, 7) is 5.87. The molecule has 0 heterocycles. The van der Waals surface area contributed by atoms with E-state index in [-0.39, 0.29) is 17.8 Å². The van der Waals surface area contributed by atoms with E-state index < -0.39 is 15.7 Å². The topological polar surface area (TPSA) is 43.1 Å². The van der Waals surface area contributed by atoms with Crippen LogP contribution in [0.1, 0.15) is 32.3 Å². The smallest absolute Gasteiger partial charge is 0.227 e. The van der Waals surface area contributed by atoms with E-state index in [1.807, 2.05) is 45.0 Å². The predicted octanol–water partition coefficient (Wildman–Crippen LogP) is 4.37. The third-order valence-corrected chi connectivity index (χ3v) is 5.91. The van der Waals surface area contributed by atoms with Gasteiger partial charge in [-0.3, -0.25) is 4.79 Å². The molecule has 1 aromatic carbocycles. The molecular formula is C15H18Cl3NO. The molecule has 3 atom stereocenters. The highest BCUT2D eigenvalue weighted by Crippen LogP contribution is 2.76. The van der Waals surface area contributed by atoms with Gasteiger partial charge in [-0.2, -0.15) is 0 Å². The van der Waals surface area contributed by atoms with Crippen LogP contribution in [0.2, 0.25) is 5.02 Å². The molecule has 2 rings (SSSR count). The monoisotopic (exact) mass is 333 g/mol. The molecule has 0 aromatic heterocycles. The van der Waals surface area contributed by atoms with Crippen LogP contribution >= 0.6 is 34.8 Å². The maximum atomic E-state index is 12.0. The summed E-state index contributed by atoms with van der Waals surface area (Å²) in [5.41, 5.74) is 5.78. The molecule has 1 fully saturated rings. The van der Waals surface area contributed by atoms with Crippen LogP contribution in [-0.2, 0) is 4.79 Å². The first kappa shape index (κ1) is 15.9. The van der Waals surface area contributed by atoms with Gasteiger partial charge >= 0.3 is 0 Å². The van der Waals surface area contributed by atoms with Gasteiger partial charge in [0.25, 0.3) is 0 Å². The molecule has 5 heteroatoms. The first-order chi connectivity index (χ1) is 9.17. The van der Waals surface area contributed by atoms with E-state index in [0.717, 1.165) is 5.56 Å². The number of alkyl halides is 2. The van der Waals surface area contributed by atoms with Crippen molar-refractivity contribution >= 4 is 40.7 Å². The standard InChI is InChI=1S/C15H18Cl3NO/c1-8(2)14(13(19)20)12(15(14,17)18)9(3)10-4-6-11(16)7-5-10/h4-9,12H,1-3H3,(H2,19,20)/t9?,12-,14+/m1/s1. The fourth-order valence-corrected chi connectivity index (χ4v) is 5.06. The van der Waals surface area contributed by atoms with Gasteiger partial charge in [0.2, 0.25) is 5.91 Å². The lowest BCUT2D eigenvalue weighted by Crippen LogP contribution is -2.35. The Morgan fingerprint density at radius 1 is 1.20 bits per heavy atom. The molecule has 0 spiro atoms. The minimum Gasteiger partial charge on any atom is -0.369 e. The van der Waals surface area contributed by atoms with Gasteiger partial charge in [-0.05, 0) is 29.5 Å². The Morgan fingerprint density at radius 3 is 2.05 bits per heavy atom. The third kappa shape index (κ3) is 2.04. The normalized spacial score (nSPS) is 29.2. The number of nitrogens with two attached hydrogens (primary N) is 1. The Balaban J connectivity index is 2.38. The molecule has 1 amide bonds. The van der Waals surface area contributed by atoms with E-state index in [2.05, 4.69) is 0 Å². The Morgan fingerprint density at radius 2 is 1.70 bits per heavy atom. The van der Waals surface area contributed by atoms with E-state index in [9.17, 15) is 4.79 Å². The van der Waals surface area contributed by atoms with Crippen LogP contribution < -0.4 is 5.73 Å². The van der Waals surface area contributed by atoms with Gasteiger partial charge in [-0.15, -0.1) is 23.2 Å². The van der Waals surface area contributed by atoms with E-state index in [0.29, 0.717) is 5.02 Å². The van der Waals surface area contributed by atoms with Crippen molar-refractivity contribution in [3.63, 3.8) is 0 Å². The van der Waals surface area contributed by atoms with Crippen LogP contribution in [0.4, 0.5) is 0 Å². The van der Waals surface area contributed by atoms with E-state index in [4.69, 9.17) is 40.5 Å². The molecule has 110 valence electrons. The van der Waals surface area contributed by atoms with Crippen molar-refractivity contribution in [1.29, 1.82) is 0 Å². The first-order valence-corrected chi connectivity index (χ1v) is 7.74. The lowest BCUT2D eigenvalue weighted by Gasteiger charge is -2.20. The summed E-state index contributed by atoms with van der Waals surface area (Å²) >= 11 is 18.8. The zero-order valence-electron chi connectivity index (χ0n) is 11.7. The summed E-state index contributed by atoms with van der Waals surface area (Å²) < 4.78 is -1.12. The number of hydrogen-bond acceptors (Lipinski definition) is 1. The van der Waals surface area contributed by atoms with Gasteiger partial charge < -0.3 is 5.73 Å². The summed E-state index contributed by atoms with van der Waals surface area (Å²) in [6.07, 6.45) is 0. The van der Waals surface area contributed by atoms with Crippen LogP contribution in [0.5, 0.6) is 0 Å². The van der Waals surface area contributed by atoms with Crippen molar-refractivity contribution in [2.45, 2.75) is 31.0 Å². The van der Waals surface area contributed by atoms with Crippen LogP contribution in [0.25, 0.3) is 0 Å². The molecule has 1 unspecified atom stereocenters. The number of rotatable bonds is 4. The molecule has 1 saturated carbocycles. The number of hydrogen-bond donors (Lipinski definition) is 1. The Labute approximate surface area is 134 Å². The van der Waals surface area contributed by atoms with Crippen molar-refractivity contribution < 1.29 is 4.79 Å². The maximum Gasteiger partial charge on any atom is 0.227 e. The molecule has 0 bridgehead atoms. The SMILES string of the molecule is CC(c1ccc(Cl)cc1)[C@H]1C(Cl)(Cl)[C@@]1(C(N)=O)C(C)C. The average molecular weight is 335 g/mol. The average Bonchev–Trinajstić information content (AvgIpc) is 2.88. The van der Waals surface area contributed by atoms with Gasteiger partial charge in [-0.1, -0.05) is 44.5 Å². The second-order valence-electron chi connectivity index (χ2n) is 5.83. The molecule has 1 aliphatic rings. The van der Waals surface area contributed by atoms with E-state index in [1.54, 1.807) is 0 Å². The lowest BCUT2D eigenvalue weighted by atomic mass is 9.83. The Hall–Kier alpha value is -0.440. The van der Waals surface area contributed by atoms with Crippen molar-refractivity contribution in [2.24, 2.45) is 23.0 Å². The van der Waals surface area contributed by atoms with Gasteiger partial charge in [0.05, 0.1) is 5.41 Å². The molecular weight excluding hydrogens is 317 g/mol. The number of amides is 1. The number of primary amides is 1. The highest BCUT2D eigenvalue weighted by atomic mass is 35.5. The summed E-state index contributed by atoms with van der Waals surface area (Å²) in [4.78, 5) is 12.0. The number of benzene rings is 1. The van der Waals surface area contributed by atoms with E-state index >= 15 is 0 Å². The molecule has 0 aliphatic heterocycles. The zero-order valence-corrected chi connectivity index (χ0v) is 13.9. The number of carbonyl (C=O) groups is 1. The van der Waals surface area contributed by atoms with Gasteiger partial charge in [0, 0.05) is 10.9 Å². The van der Waals surface area contributed by atoms with Crippen LogP contribution in [0, 0.1) is 17.3 Å². The number of halogens is 3. The van der Waals surface area contributed by atoms with Crippen LogP contribution in [0.3, 0.4) is 0 Å². The molecule has 2 N–H and O–H groups in total. The lowest BCUT2D eigenvalue weighted by molar-refractivity contribution is -0.125. The second-order valence-corrected chi connectivity index (χ2v) is 7.65. The zero-order chi connectivity index (χ0) is 15.3. The van der Waals surface area contributed by atoms with Crippen molar-refractivity contribution in [1.82, 2.24) is 0 Å². The fourth-order valence-electron chi connectivity index (χ4n) is 3.46. The highest BCUT2D eigenvalue weighted by Gasteiger charge is 2.81. The Bertz CT molecular complexity index is 526. The van der Waals surface area contributed by atoms with Gasteiger partial charge in [-0.25, -0.2) is 0 Å². The molecule has 20 heavy (non-hydrogen) atoms. The predicted molar refractivity (Wildman–Crippen MR) is 84.3 cm³/mol. The summed E-state index contributed by atoms with van der Waals surface area (Å²) in [6, 6.07) is 7.50. The highest BCUT2D eigenvalue weighted by molar-refractivity contribution is 6.53. The Kier molecular flexibility index (Phi) is 4.05. The maximum absolute atomic E-state index is 12.0. The molecule has 2 nitrogen and oxygen atoms in total. The molecule has 0 radical (unpaired) electrons. The first-order valence-electron chi connectivity index (χ1n) is 6.60.